The van der Waals surface area contributed by atoms with Gasteiger partial charge in [-0.3, -0.25) is 0 Å². The van der Waals surface area contributed by atoms with Crippen LogP contribution < -0.4 is 4.74 Å². The van der Waals surface area contributed by atoms with Gasteiger partial charge < -0.3 is 4.74 Å². The van der Waals surface area contributed by atoms with Gasteiger partial charge in [0.25, 0.3) is 0 Å². The van der Waals surface area contributed by atoms with Crippen LogP contribution >= 0.6 is 11.6 Å². The molecule has 0 atom stereocenters. The Hall–Kier alpha value is -1.59. The van der Waals surface area contributed by atoms with E-state index in [1.165, 1.54) is 26.2 Å². The Kier molecular flexibility index (Phi) is 4.54. The zero-order valence-corrected chi connectivity index (χ0v) is 13.1. The van der Waals surface area contributed by atoms with Crippen molar-refractivity contribution in [2.24, 2.45) is 0 Å². The standard InChI is InChI=1S/C15H14ClFO3S/c1-3-21(18,19)11-5-6-12(14(17)9-11)13-8-10(16)4-7-15(13)20-2/h4-9H,3H2,1-2H3. The first kappa shape index (κ1) is 15.8. The van der Waals surface area contributed by atoms with E-state index in [1.807, 2.05) is 0 Å². The topological polar surface area (TPSA) is 43.4 Å². The maximum atomic E-state index is 14.3. The summed E-state index contributed by atoms with van der Waals surface area (Å²) in [5.41, 5.74) is 0.715. The number of hydrogen-bond donors (Lipinski definition) is 0. The summed E-state index contributed by atoms with van der Waals surface area (Å²) in [5.74, 6) is -0.249. The fourth-order valence-electron chi connectivity index (χ4n) is 1.97. The van der Waals surface area contributed by atoms with Crippen LogP contribution in [0.2, 0.25) is 5.02 Å². The van der Waals surface area contributed by atoms with Gasteiger partial charge in [0.05, 0.1) is 17.8 Å². The van der Waals surface area contributed by atoms with E-state index in [2.05, 4.69) is 0 Å². The Bertz CT molecular complexity index is 772. The molecule has 3 nitrogen and oxygen atoms in total. The summed E-state index contributed by atoms with van der Waals surface area (Å²) < 4.78 is 43.0. The third kappa shape index (κ3) is 3.19. The summed E-state index contributed by atoms with van der Waals surface area (Å²) in [6.07, 6.45) is 0. The van der Waals surface area contributed by atoms with Crippen LogP contribution in [0.25, 0.3) is 11.1 Å². The maximum absolute atomic E-state index is 14.3. The lowest BCUT2D eigenvalue weighted by atomic mass is 10.0. The van der Waals surface area contributed by atoms with Crippen molar-refractivity contribution >= 4 is 21.4 Å². The van der Waals surface area contributed by atoms with E-state index >= 15 is 0 Å². The summed E-state index contributed by atoms with van der Waals surface area (Å²) >= 11 is 5.93. The van der Waals surface area contributed by atoms with Crippen LogP contribution in [0, 0.1) is 5.82 Å². The summed E-state index contributed by atoms with van der Waals surface area (Å²) in [5, 5.41) is 0.440. The highest BCUT2D eigenvalue weighted by molar-refractivity contribution is 7.91. The fourth-order valence-corrected chi connectivity index (χ4v) is 3.03. The molecule has 0 N–H and O–H groups in total. The molecule has 2 aromatic rings. The molecule has 6 heteroatoms. The van der Waals surface area contributed by atoms with Crippen LogP contribution in [0.1, 0.15) is 6.92 Å². The molecule has 2 rings (SSSR count). The summed E-state index contributed by atoms with van der Waals surface area (Å²) in [4.78, 5) is -0.0350. The molecule has 0 saturated heterocycles. The first-order valence-corrected chi connectivity index (χ1v) is 8.28. The molecule has 0 fully saturated rings. The molecular weight excluding hydrogens is 315 g/mol. The van der Waals surface area contributed by atoms with Crippen molar-refractivity contribution in [1.29, 1.82) is 0 Å². The van der Waals surface area contributed by atoms with Gasteiger partial charge in [-0.25, -0.2) is 12.8 Å². The molecule has 0 aliphatic heterocycles. The molecule has 0 radical (unpaired) electrons. The normalized spacial score (nSPS) is 11.4. The molecule has 0 unspecified atom stereocenters. The van der Waals surface area contributed by atoms with Crippen LogP contribution in [0.4, 0.5) is 4.39 Å². The molecule has 0 spiro atoms. The minimum absolute atomic E-state index is 0.0350. The molecule has 21 heavy (non-hydrogen) atoms. The fraction of sp³-hybridized carbons (Fsp3) is 0.200. The summed E-state index contributed by atoms with van der Waals surface area (Å²) in [6, 6.07) is 8.68. The third-order valence-electron chi connectivity index (χ3n) is 3.13. The number of rotatable bonds is 4. The molecule has 0 heterocycles. The van der Waals surface area contributed by atoms with Gasteiger partial charge in [-0.2, -0.15) is 0 Å². The molecule has 0 saturated carbocycles. The zero-order valence-electron chi connectivity index (χ0n) is 11.6. The van der Waals surface area contributed by atoms with E-state index in [1.54, 1.807) is 18.2 Å². The highest BCUT2D eigenvalue weighted by Crippen LogP contribution is 2.34. The molecule has 0 amide bonds. The Balaban J connectivity index is 2.60. The molecule has 2 aromatic carbocycles. The Labute approximate surface area is 128 Å². The van der Waals surface area contributed by atoms with Crippen molar-refractivity contribution in [1.82, 2.24) is 0 Å². The average molecular weight is 329 g/mol. The van der Waals surface area contributed by atoms with E-state index in [0.29, 0.717) is 16.3 Å². The molecule has 0 aliphatic rings. The second kappa shape index (κ2) is 6.03. The van der Waals surface area contributed by atoms with Crippen LogP contribution in [0.3, 0.4) is 0 Å². The number of benzene rings is 2. The van der Waals surface area contributed by atoms with Crippen molar-refractivity contribution in [3.8, 4) is 16.9 Å². The lowest BCUT2D eigenvalue weighted by molar-refractivity contribution is 0.416. The highest BCUT2D eigenvalue weighted by atomic mass is 35.5. The monoisotopic (exact) mass is 328 g/mol. The molecular formula is C15H14ClFO3S. The Morgan fingerprint density at radius 1 is 1.14 bits per heavy atom. The van der Waals surface area contributed by atoms with Gasteiger partial charge >= 0.3 is 0 Å². The second-order valence-corrected chi connectivity index (χ2v) is 7.10. The lowest BCUT2D eigenvalue weighted by Gasteiger charge is -2.11. The van der Waals surface area contributed by atoms with Gasteiger partial charge in [0.15, 0.2) is 9.84 Å². The lowest BCUT2D eigenvalue weighted by Crippen LogP contribution is -2.04. The average Bonchev–Trinajstić information content (AvgIpc) is 2.47. The Morgan fingerprint density at radius 3 is 2.43 bits per heavy atom. The largest absolute Gasteiger partial charge is 0.496 e. The number of ether oxygens (including phenoxy) is 1. The first-order valence-electron chi connectivity index (χ1n) is 6.25. The second-order valence-electron chi connectivity index (χ2n) is 4.39. The van der Waals surface area contributed by atoms with Gasteiger partial charge in [-0.15, -0.1) is 0 Å². The van der Waals surface area contributed by atoms with Crippen LogP contribution in [-0.2, 0) is 9.84 Å². The van der Waals surface area contributed by atoms with Crippen LogP contribution in [-0.4, -0.2) is 21.3 Å². The van der Waals surface area contributed by atoms with E-state index in [0.717, 1.165) is 6.07 Å². The van der Waals surface area contributed by atoms with Gasteiger partial charge in [-0.05, 0) is 30.3 Å². The van der Waals surface area contributed by atoms with Gasteiger partial charge in [0.1, 0.15) is 11.6 Å². The number of halogens is 2. The van der Waals surface area contributed by atoms with Gasteiger partial charge in [-0.1, -0.05) is 24.6 Å². The first-order chi connectivity index (χ1) is 9.89. The minimum atomic E-state index is -3.44. The summed E-state index contributed by atoms with van der Waals surface area (Å²) in [7, 11) is -1.97. The predicted molar refractivity (Wildman–Crippen MR) is 81.1 cm³/mol. The van der Waals surface area contributed by atoms with Gasteiger partial charge in [0, 0.05) is 16.1 Å². The van der Waals surface area contributed by atoms with Crippen LogP contribution in [0.15, 0.2) is 41.3 Å². The number of hydrogen-bond acceptors (Lipinski definition) is 3. The third-order valence-corrected chi connectivity index (χ3v) is 5.10. The SMILES string of the molecule is CCS(=O)(=O)c1ccc(-c2cc(Cl)ccc2OC)c(F)c1. The van der Waals surface area contributed by atoms with E-state index in [4.69, 9.17) is 16.3 Å². The molecule has 0 aliphatic carbocycles. The quantitative estimate of drug-likeness (QED) is 0.853. The predicted octanol–water partition coefficient (Wildman–Crippen LogP) is 3.95. The van der Waals surface area contributed by atoms with Crippen LogP contribution in [0.5, 0.6) is 5.75 Å². The smallest absolute Gasteiger partial charge is 0.178 e. The zero-order chi connectivity index (χ0) is 15.6. The minimum Gasteiger partial charge on any atom is -0.496 e. The van der Waals surface area contributed by atoms with Crippen molar-refractivity contribution in [2.75, 3.05) is 12.9 Å². The van der Waals surface area contributed by atoms with E-state index < -0.39 is 15.7 Å². The van der Waals surface area contributed by atoms with Crippen molar-refractivity contribution < 1.29 is 17.5 Å². The molecule has 0 aromatic heterocycles. The molecule has 0 bridgehead atoms. The summed E-state index contributed by atoms with van der Waals surface area (Å²) in [6.45, 7) is 1.52. The maximum Gasteiger partial charge on any atom is 0.178 e. The Morgan fingerprint density at radius 2 is 1.86 bits per heavy atom. The number of sulfone groups is 1. The van der Waals surface area contributed by atoms with Crippen molar-refractivity contribution in [3.05, 3.63) is 47.2 Å². The number of methoxy groups -OCH3 is 1. The molecule has 112 valence electrons. The van der Waals surface area contributed by atoms with E-state index in [-0.39, 0.29) is 16.2 Å². The van der Waals surface area contributed by atoms with Crippen molar-refractivity contribution in [2.45, 2.75) is 11.8 Å². The van der Waals surface area contributed by atoms with E-state index in [9.17, 15) is 12.8 Å². The van der Waals surface area contributed by atoms with Crippen molar-refractivity contribution in [3.63, 3.8) is 0 Å². The van der Waals surface area contributed by atoms with Gasteiger partial charge in [0.2, 0.25) is 0 Å². The highest BCUT2D eigenvalue weighted by Gasteiger charge is 2.17.